The van der Waals surface area contributed by atoms with Crippen LogP contribution < -0.4 is 4.74 Å². The minimum Gasteiger partial charge on any atom is -0.490 e. The summed E-state index contributed by atoms with van der Waals surface area (Å²) in [6, 6.07) is 11.4. The monoisotopic (exact) mass is 620 g/mol. The molecule has 0 spiro atoms. The molecule has 1 aliphatic heterocycles. The molecule has 2 aliphatic rings. The summed E-state index contributed by atoms with van der Waals surface area (Å²) in [7, 11) is 0. The predicted molar refractivity (Wildman–Crippen MR) is 156 cm³/mol. The molecule has 1 aliphatic carbocycles. The minimum atomic E-state index is -1.41. The summed E-state index contributed by atoms with van der Waals surface area (Å²) in [5.41, 5.74) is 2.41. The van der Waals surface area contributed by atoms with Gasteiger partial charge in [0, 0.05) is 44.4 Å². The van der Waals surface area contributed by atoms with Crippen molar-refractivity contribution in [1.29, 1.82) is 0 Å². The molecule has 200 valence electrons. The second kappa shape index (κ2) is 10.8. The summed E-state index contributed by atoms with van der Waals surface area (Å²) in [4.78, 5) is 5.72. The first-order valence-electron chi connectivity index (χ1n) is 13.8. The zero-order valence-electron chi connectivity index (χ0n) is 22.4. The fourth-order valence-electron chi connectivity index (χ4n) is 6.13. The van der Waals surface area contributed by atoms with E-state index >= 15 is 8.78 Å². The Bertz CT molecular complexity index is 1220. The Hall–Kier alpha value is -1.67. The number of nitrogens with zero attached hydrogens (tertiary/aromatic N) is 1. The Morgan fingerprint density at radius 2 is 1.97 bits per heavy atom. The van der Waals surface area contributed by atoms with Crippen molar-refractivity contribution in [3.63, 3.8) is 0 Å². The molecule has 1 saturated carbocycles. The molecule has 3 aromatic rings. The van der Waals surface area contributed by atoms with Gasteiger partial charge in [0.15, 0.2) is 0 Å². The van der Waals surface area contributed by atoms with Gasteiger partial charge in [-0.1, -0.05) is 44.4 Å². The van der Waals surface area contributed by atoms with Gasteiger partial charge in [-0.2, -0.15) is 0 Å². The van der Waals surface area contributed by atoms with E-state index in [1.54, 1.807) is 19.9 Å². The van der Waals surface area contributed by atoms with Crippen LogP contribution in [0.4, 0.5) is 8.78 Å². The number of hydrogen-bond donors (Lipinski definition) is 1. The van der Waals surface area contributed by atoms with Crippen molar-refractivity contribution >= 4 is 33.5 Å². The first-order chi connectivity index (χ1) is 17.6. The molecule has 0 saturated heterocycles. The van der Waals surface area contributed by atoms with Crippen LogP contribution in [0, 0.1) is 15.3 Å². The number of fused-ring (bicyclic) bond motifs is 3. The average Bonchev–Trinajstić information content (AvgIpc) is 3.16. The first kappa shape index (κ1) is 26.9. The molecular formula is C31H39F2IN2O. The van der Waals surface area contributed by atoms with Crippen molar-refractivity contribution in [3.8, 4) is 5.75 Å². The number of ether oxygens (including phenoxy) is 1. The number of aromatic amines is 1. The highest BCUT2D eigenvalue weighted by atomic mass is 127. The Morgan fingerprint density at radius 1 is 1.22 bits per heavy atom. The van der Waals surface area contributed by atoms with E-state index < -0.39 is 11.7 Å². The van der Waals surface area contributed by atoms with E-state index in [0.29, 0.717) is 11.3 Å². The van der Waals surface area contributed by atoms with Crippen LogP contribution in [-0.2, 0) is 6.42 Å². The highest BCUT2D eigenvalue weighted by molar-refractivity contribution is 14.1. The Labute approximate surface area is 233 Å². The molecule has 37 heavy (non-hydrogen) atoms. The smallest absolute Gasteiger partial charge is 0.133 e. The van der Waals surface area contributed by atoms with Crippen LogP contribution in [0.15, 0.2) is 36.4 Å². The number of para-hydroxylation sites is 1. The van der Waals surface area contributed by atoms with E-state index in [4.69, 9.17) is 4.74 Å². The summed E-state index contributed by atoms with van der Waals surface area (Å²) < 4.78 is 38.3. The topological polar surface area (TPSA) is 28.3 Å². The Kier molecular flexibility index (Phi) is 7.88. The molecule has 3 atom stereocenters. The molecule has 2 aromatic carbocycles. The van der Waals surface area contributed by atoms with Crippen molar-refractivity contribution < 1.29 is 13.5 Å². The van der Waals surface area contributed by atoms with Gasteiger partial charge >= 0.3 is 0 Å². The van der Waals surface area contributed by atoms with Crippen molar-refractivity contribution in [3.05, 3.63) is 62.6 Å². The Morgan fingerprint density at radius 3 is 2.62 bits per heavy atom. The third-order valence-electron chi connectivity index (χ3n) is 8.28. The number of nitrogens with one attached hydrogen (secondary N) is 1. The van der Waals surface area contributed by atoms with Gasteiger partial charge in [0.25, 0.3) is 0 Å². The van der Waals surface area contributed by atoms with Gasteiger partial charge < -0.3 is 9.72 Å². The standard InChI is InChI=1S/C31H39F2IN2O/c1-5-21(14-13-20-9-8-10-20)37-22-16-25(32)28(26(34)17-22)30-29-24(23-11-6-7-12-27(23)35-29)15-19(2)36(30)18-31(3,4)33/h6-7,11-12,16-17,19-21,30,35H,5,8-10,13-15,18H2,1-4H3/t19-,21?,30-/m1/s1. The highest BCUT2D eigenvalue weighted by Gasteiger charge is 2.40. The van der Waals surface area contributed by atoms with Crippen molar-refractivity contribution in [2.45, 2.75) is 96.5 Å². The lowest BCUT2D eigenvalue weighted by Crippen LogP contribution is -2.48. The van der Waals surface area contributed by atoms with Crippen LogP contribution in [0.5, 0.6) is 5.75 Å². The number of alkyl halides is 1. The predicted octanol–water partition coefficient (Wildman–Crippen LogP) is 8.73. The molecule has 1 aromatic heterocycles. The summed E-state index contributed by atoms with van der Waals surface area (Å²) in [5.74, 6) is 1.13. The number of benzene rings is 2. The molecule has 5 rings (SSSR count). The van der Waals surface area contributed by atoms with Gasteiger partial charge in [0.1, 0.15) is 17.2 Å². The van der Waals surface area contributed by atoms with Crippen molar-refractivity contribution in [1.82, 2.24) is 9.88 Å². The maximum Gasteiger partial charge on any atom is 0.133 e. The second-order valence-corrected chi connectivity index (χ2v) is 12.9. The molecule has 6 heteroatoms. The van der Waals surface area contributed by atoms with Crippen LogP contribution in [0.25, 0.3) is 10.9 Å². The maximum absolute atomic E-state index is 16.1. The molecule has 3 nitrogen and oxygen atoms in total. The number of hydrogen-bond acceptors (Lipinski definition) is 2. The first-order valence-corrected chi connectivity index (χ1v) is 14.9. The number of aromatic nitrogens is 1. The van der Waals surface area contributed by atoms with E-state index in [1.165, 1.54) is 36.6 Å². The lowest BCUT2D eigenvalue weighted by Gasteiger charge is -2.43. The van der Waals surface area contributed by atoms with E-state index in [-0.39, 0.29) is 24.5 Å². The largest absolute Gasteiger partial charge is 0.490 e. The van der Waals surface area contributed by atoms with Gasteiger partial charge in [-0.25, -0.2) is 8.78 Å². The summed E-state index contributed by atoms with van der Waals surface area (Å²) >= 11 is 2.24. The SMILES string of the molecule is CCC(CCC1CCC1)Oc1cc(F)c([C@@H]2c3[nH]c4ccccc4c3C[C@@H](C)N2CC(C)(C)F)c(I)c1. The normalized spacial score (nSPS) is 21.6. The van der Waals surface area contributed by atoms with Gasteiger partial charge in [-0.3, -0.25) is 4.90 Å². The van der Waals surface area contributed by atoms with E-state index in [2.05, 4.69) is 58.5 Å². The maximum atomic E-state index is 16.1. The quantitative estimate of drug-likeness (QED) is 0.243. The zero-order chi connectivity index (χ0) is 26.3. The summed E-state index contributed by atoms with van der Waals surface area (Å²) in [5, 5.41) is 1.17. The van der Waals surface area contributed by atoms with E-state index in [0.717, 1.165) is 40.0 Å². The molecule has 1 fully saturated rings. The molecule has 0 radical (unpaired) electrons. The van der Waals surface area contributed by atoms with Gasteiger partial charge in [0.05, 0.1) is 12.1 Å². The molecule has 1 N–H and O–H groups in total. The van der Waals surface area contributed by atoms with Gasteiger partial charge in [0.2, 0.25) is 0 Å². The zero-order valence-corrected chi connectivity index (χ0v) is 24.6. The van der Waals surface area contributed by atoms with Gasteiger partial charge in [-0.05, 0) is 92.7 Å². The lowest BCUT2D eigenvalue weighted by molar-refractivity contribution is 0.0652. The number of rotatable bonds is 9. The minimum absolute atomic E-state index is 0.0637. The van der Waals surface area contributed by atoms with Crippen LogP contribution >= 0.6 is 22.6 Å². The third kappa shape index (κ3) is 5.70. The van der Waals surface area contributed by atoms with E-state index in [9.17, 15) is 0 Å². The highest BCUT2D eigenvalue weighted by Crippen LogP contribution is 2.44. The number of H-pyrrole nitrogens is 1. The molecule has 1 unspecified atom stereocenters. The molecule has 2 heterocycles. The Balaban J connectivity index is 1.51. The van der Waals surface area contributed by atoms with Crippen LogP contribution in [0.2, 0.25) is 0 Å². The van der Waals surface area contributed by atoms with Crippen molar-refractivity contribution in [2.75, 3.05) is 6.54 Å². The number of halogens is 3. The third-order valence-corrected chi connectivity index (χ3v) is 9.17. The molecule has 0 bridgehead atoms. The molecule has 0 amide bonds. The summed E-state index contributed by atoms with van der Waals surface area (Å²) in [6.07, 6.45) is 8.02. The lowest BCUT2D eigenvalue weighted by atomic mass is 9.81. The van der Waals surface area contributed by atoms with Crippen LogP contribution in [-0.4, -0.2) is 34.2 Å². The average molecular weight is 621 g/mol. The van der Waals surface area contributed by atoms with E-state index in [1.807, 2.05) is 18.2 Å². The fourth-order valence-corrected chi connectivity index (χ4v) is 6.99. The summed E-state index contributed by atoms with van der Waals surface area (Å²) in [6.45, 7) is 7.69. The van der Waals surface area contributed by atoms with Gasteiger partial charge in [-0.15, -0.1) is 0 Å². The van der Waals surface area contributed by atoms with Crippen LogP contribution in [0.1, 0.15) is 89.1 Å². The molecular weight excluding hydrogens is 581 g/mol. The van der Waals surface area contributed by atoms with Crippen LogP contribution in [0.3, 0.4) is 0 Å². The second-order valence-electron chi connectivity index (χ2n) is 11.7. The fraction of sp³-hybridized carbons (Fsp3) is 0.548. The van der Waals surface area contributed by atoms with Crippen molar-refractivity contribution in [2.24, 2.45) is 5.92 Å².